The predicted molar refractivity (Wildman–Crippen MR) is 67.5 cm³/mol. The number of benzene rings is 2. The van der Waals surface area contributed by atoms with E-state index in [1.807, 2.05) is 6.07 Å². The zero-order valence-electron chi connectivity index (χ0n) is 8.79. The largest absolute Gasteiger partial charge is 0.454 e. The zero-order chi connectivity index (χ0) is 12.3. The predicted octanol–water partition coefficient (Wildman–Crippen LogP) is 5.01. The minimum absolute atomic E-state index is 0.0380. The van der Waals surface area contributed by atoms with Crippen LogP contribution in [0.15, 0.2) is 42.5 Å². The Morgan fingerprint density at radius 2 is 1.88 bits per heavy atom. The average molecular weight is 271 g/mol. The summed E-state index contributed by atoms with van der Waals surface area (Å²) in [7, 11) is 0. The number of halogens is 3. The lowest BCUT2D eigenvalue weighted by atomic mass is 10.2. The molecule has 0 N–H and O–H groups in total. The molecule has 17 heavy (non-hydrogen) atoms. The molecule has 2 aromatic rings. The van der Waals surface area contributed by atoms with E-state index in [4.69, 9.17) is 27.9 Å². The first-order valence-electron chi connectivity index (χ1n) is 4.97. The van der Waals surface area contributed by atoms with Gasteiger partial charge in [-0.15, -0.1) is 11.6 Å². The molecule has 88 valence electrons. The van der Waals surface area contributed by atoms with Gasteiger partial charge in [-0.3, -0.25) is 0 Å². The van der Waals surface area contributed by atoms with Gasteiger partial charge < -0.3 is 4.74 Å². The van der Waals surface area contributed by atoms with E-state index in [2.05, 4.69) is 0 Å². The highest BCUT2D eigenvalue weighted by Crippen LogP contribution is 2.29. The summed E-state index contributed by atoms with van der Waals surface area (Å²) in [5.41, 5.74) is 0.909. The van der Waals surface area contributed by atoms with Crippen LogP contribution in [-0.4, -0.2) is 0 Å². The quantitative estimate of drug-likeness (QED) is 0.713. The summed E-state index contributed by atoms with van der Waals surface area (Å²) in [6.45, 7) is 0. The molecule has 0 aliphatic heterocycles. The minimum atomic E-state index is -0.564. The number of hydrogen-bond acceptors (Lipinski definition) is 1. The third-order valence-corrected chi connectivity index (χ3v) is 2.80. The van der Waals surface area contributed by atoms with Crippen molar-refractivity contribution in [2.45, 2.75) is 5.88 Å². The first kappa shape index (κ1) is 12.2. The fourth-order valence-electron chi connectivity index (χ4n) is 1.38. The summed E-state index contributed by atoms with van der Waals surface area (Å²) < 4.78 is 19.0. The van der Waals surface area contributed by atoms with Crippen molar-refractivity contribution >= 4 is 23.2 Å². The lowest BCUT2D eigenvalue weighted by molar-refractivity contribution is 0.442. The van der Waals surface area contributed by atoms with Crippen LogP contribution < -0.4 is 4.74 Å². The standard InChI is InChI=1S/C13H9Cl2FO/c14-8-9-3-1-4-10(7-9)17-12-6-2-5-11(15)13(12)16/h1-7H,8H2. The maximum Gasteiger partial charge on any atom is 0.184 e. The van der Waals surface area contributed by atoms with E-state index < -0.39 is 5.82 Å². The van der Waals surface area contributed by atoms with Crippen LogP contribution in [0.2, 0.25) is 5.02 Å². The van der Waals surface area contributed by atoms with Crippen LogP contribution in [0.5, 0.6) is 11.5 Å². The highest BCUT2D eigenvalue weighted by atomic mass is 35.5. The highest BCUT2D eigenvalue weighted by Gasteiger charge is 2.08. The molecule has 1 nitrogen and oxygen atoms in total. The van der Waals surface area contributed by atoms with Crippen LogP contribution in [-0.2, 0) is 5.88 Å². The maximum absolute atomic E-state index is 13.6. The van der Waals surface area contributed by atoms with Crippen molar-refractivity contribution in [2.24, 2.45) is 0 Å². The van der Waals surface area contributed by atoms with Crippen molar-refractivity contribution in [1.82, 2.24) is 0 Å². The van der Waals surface area contributed by atoms with Crippen molar-refractivity contribution in [2.75, 3.05) is 0 Å². The zero-order valence-corrected chi connectivity index (χ0v) is 10.3. The van der Waals surface area contributed by atoms with Crippen LogP contribution in [0.25, 0.3) is 0 Å². The lowest BCUT2D eigenvalue weighted by Gasteiger charge is -2.08. The first-order valence-corrected chi connectivity index (χ1v) is 5.88. The SMILES string of the molecule is Fc1c(Cl)cccc1Oc1cccc(CCl)c1. The van der Waals surface area contributed by atoms with E-state index in [0.29, 0.717) is 11.6 Å². The van der Waals surface area contributed by atoms with Gasteiger partial charge in [0.1, 0.15) is 5.75 Å². The van der Waals surface area contributed by atoms with Crippen molar-refractivity contribution in [3.05, 3.63) is 58.9 Å². The van der Waals surface area contributed by atoms with Crippen molar-refractivity contribution < 1.29 is 9.13 Å². The van der Waals surface area contributed by atoms with Gasteiger partial charge in [0.15, 0.2) is 11.6 Å². The van der Waals surface area contributed by atoms with E-state index in [1.54, 1.807) is 24.3 Å². The third-order valence-electron chi connectivity index (χ3n) is 2.20. The third kappa shape index (κ3) is 2.90. The Morgan fingerprint density at radius 3 is 2.65 bits per heavy atom. The minimum Gasteiger partial charge on any atom is -0.454 e. The second-order valence-corrected chi connectivity index (χ2v) is 4.11. The molecule has 0 saturated carbocycles. The molecule has 2 aromatic carbocycles. The van der Waals surface area contributed by atoms with Gasteiger partial charge in [-0.2, -0.15) is 0 Å². The normalized spacial score (nSPS) is 10.3. The Morgan fingerprint density at radius 1 is 1.12 bits per heavy atom. The number of ether oxygens (including phenoxy) is 1. The van der Waals surface area contributed by atoms with Gasteiger partial charge >= 0.3 is 0 Å². The molecule has 0 radical (unpaired) electrons. The van der Waals surface area contributed by atoms with Gasteiger partial charge in [-0.05, 0) is 29.8 Å². The highest BCUT2D eigenvalue weighted by molar-refractivity contribution is 6.30. The van der Waals surface area contributed by atoms with Gasteiger partial charge in [0.05, 0.1) is 5.02 Å². The van der Waals surface area contributed by atoms with Crippen LogP contribution in [0.1, 0.15) is 5.56 Å². The Labute approximate surface area is 109 Å². The molecule has 0 saturated heterocycles. The van der Waals surface area contributed by atoms with Gasteiger partial charge in [-0.1, -0.05) is 29.8 Å². The van der Waals surface area contributed by atoms with E-state index >= 15 is 0 Å². The van der Waals surface area contributed by atoms with Crippen molar-refractivity contribution in [1.29, 1.82) is 0 Å². The Bertz CT molecular complexity index is 529. The Kier molecular flexibility index (Phi) is 3.87. The van der Waals surface area contributed by atoms with Gasteiger partial charge in [-0.25, -0.2) is 4.39 Å². The molecule has 4 heteroatoms. The van der Waals surface area contributed by atoms with Gasteiger partial charge in [0.25, 0.3) is 0 Å². The first-order chi connectivity index (χ1) is 8.20. The molecule has 0 fully saturated rings. The lowest BCUT2D eigenvalue weighted by Crippen LogP contribution is -1.89. The van der Waals surface area contributed by atoms with Crippen LogP contribution in [0.3, 0.4) is 0 Å². The molecule has 0 bridgehead atoms. The molecular weight excluding hydrogens is 262 g/mol. The molecule has 0 aliphatic carbocycles. The number of alkyl halides is 1. The average Bonchev–Trinajstić information content (AvgIpc) is 2.35. The van der Waals surface area contributed by atoms with Crippen LogP contribution >= 0.6 is 23.2 Å². The summed E-state index contributed by atoms with van der Waals surface area (Å²) >= 11 is 11.4. The second-order valence-electron chi connectivity index (χ2n) is 3.44. The van der Waals surface area contributed by atoms with Crippen molar-refractivity contribution in [3.8, 4) is 11.5 Å². The summed E-state index contributed by atoms with van der Waals surface area (Å²) in [4.78, 5) is 0. The summed E-state index contributed by atoms with van der Waals surface area (Å²) in [5, 5.41) is 0.0380. The van der Waals surface area contributed by atoms with Gasteiger partial charge in [0, 0.05) is 5.88 Å². The molecule has 0 unspecified atom stereocenters. The molecule has 0 heterocycles. The molecule has 2 rings (SSSR count). The molecule has 0 aliphatic rings. The summed E-state index contributed by atoms with van der Waals surface area (Å²) in [6, 6.07) is 11.8. The number of rotatable bonds is 3. The van der Waals surface area contributed by atoms with Crippen molar-refractivity contribution in [3.63, 3.8) is 0 Å². The Balaban J connectivity index is 2.28. The number of hydrogen-bond donors (Lipinski definition) is 0. The van der Waals surface area contributed by atoms with Gasteiger partial charge in [0.2, 0.25) is 0 Å². The van der Waals surface area contributed by atoms with E-state index in [-0.39, 0.29) is 10.8 Å². The topological polar surface area (TPSA) is 9.23 Å². The molecule has 0 spiro atoms. The fraction of sp³-hybridized carbons (Fsp3) is 0.0769. The fourth-order valence-corrected chi connectivity index (χ4v) is 1.71. The smallest absolute Gasteiger partial charge is 0.184 e. The van der Waals surface area contributed by atoms with Crippen LogP contribution in [0, 0.1) is 5.82 Å². The summed E-state index contributed by atoms with van der Waals surface area (Å²) in [6.07, 6.45) is 0. The molecule has 0 amide bonds. The van der Waals surface area contributed by atoms with E-state index in [9.17, 15) is 4.39 Å². The second kappa shape index (κ2) is 5.39. The van der Waals surface area contributed by atoms with E-state index in [1.165, 1.54) is 12.1 Å². The molecule has 0 atom stereocenters. The van der Waals surface area contributed by atoms with Crippen LogP contribution in [0.4, 0.5) is 4.39 Å². The van der Waals surface area contributed by atoms with E-state index in [0.717, 1.165) is 5.56 Å². The summed E-state index contributed by atoms with van der Waals surface area (Å²) in [5.74, 6) is 0.453. The molecular formula is C13H9Cl2FO. The molecule has 0 aromatic heterocycles. The Hall–Kier alpha value is -1.25. The maximum atomic E-state index is 13.6. The monoisotopic (exact) mass is 270 g/mol.